The molecule has 0 N–H and O–H groups in total. The van der Waals surface area contributed by atoms with Crippen LogP contribution in [0.3, 0.4) is 0 Å². The lowest BCUT2D eigenvalue weighted by Crippen LogP contribution is -2.17. The van der Waals surface area contributed by atoms with E-state index in [-0.39, 0.29) is 5.41 Å². The molecule has 1 aliphatic rings. The second-order valence-electron chi connectivity index (χ2n) is 16.8. The molecule has 0 unspecified atom stereocenters. The van der Waals surface area contributed by atoms with Gasteiger partial charge in [0.15, 0.2) is 0 Å². The molecule has 2 heteroatoms. The Labute approximate surface area is 355 Å². The molecule has 1 aliphatic carbocycles. The lowest BCUT2D eigenvalue weighted by Gasteiger charge is -2.32. The van der Waals surface area contributed by atoms with Crippen molar-refractivity contribution in [1.82, 2.24) is 0 Å². The molecule has 1 heterocycles. The monoisotopic (exact) mass is 779 g/mol. The summed E-state index contributed by atoms with van der Waals surface area (Å²) in [6.07, 6.45) is 0. The van der Waals surface area contributed by atoms with Crippen LogP contribution in [0.15, 0.2) is 217 Å². The third-order valence-electron chi connectivity index (χ3n) is 13.1. The maximum atomic E-state index is 6.63. The molecule has 0 spiro atoms. The van der Waals surface area contributed by atoms with Gasteiger partial charge in [0.05, 0.1) is 11.4 Å². The summed E-state index contributed by atoms with van der Waals surface area (Å²) in [5, 5.41) is 7.17. The standard InChI is InChI=1S/C59H41NO/c1-59(2)52-27-13-10-24-46(52)47-34-32-41(37-53(47)59)60(54-28-14-11-21-43(54)38-17-4-3-5-18-38)55-29-16-26-50(51-35-39-19-6-7-20-42(39)44-22-8-9-23-45(44)51)58(55)40-31-33-49-48-25-12-15-30-56(48)61-57(49)36-40/h3-37H,1-2H3. The van der Waals surface area contributed by atoms with Crippen LogP contribution >= 0.6 is 0 Å². The fourth-order valence-corrected chi connectivity index (χ4v) is 10.2. The van der Waals surface area contributed by atoms with Crippen molar-refractivity contribution in [3.63, 3.8) is 0 Å². The van der Waals surface area contributed by atoms with Gasteiger partial charge in [-0.05, 0) is 115 Å². The highest BCUT2D eigenvalue weighted by molar-refractivity contribution is 6.16. The second-order valence-corrected chi connectivity index (χ2v) is 16.8. The van der Waals surface area contributed by atoms with Gasteiger partial charge in [-0.1, -0.05) is 178 Å². The molecule has 0 bridgehead atoms. The number of nitrogens with zero attached hydrogens (tertiary/aromatic N) is 1. The van der Waals surface area contributed by atoms with E-state index in [1.807, 2.05) is 6.07 Å². The molecule has 1 aromatic heterocycles. The Balaban J connectivity index is 1.19. The van der Waals surface area contributed by atoms with Gasteiger partial charge >= 0.3 is 0 Å². The third-order valence-corrected chi connectivity index (χ3v) is 13.1. The lowest BCUT2D eigenvalue weighted by atomic mass is 9.82. The minimum atomic E-state index is -0.173. The van der Waals surface area contributed by atoms with Gasteiger partial charge in [-0.15, -0.1) is 0 Å². The van der Waals surface area contributed by atoms with Crippen molar-refractivity contribution >= 4 is 60.5 Å². The first-order valence-corrected chi connectivity index (χ1v) is 21.2. The van der Waals surface area contributed by atoms with E-state index in [2.05, 4.69) is 225 Å². The van der Waals surface area contributed by atoms with Gasteiger partial charge in [-0.25, -0.2) is 0 Å². The molecule has 0 atom stereocenters. The van der Waals surface area contributed by atoms with Crippen LogP contribution in [0.2, 0.25) is 0 Å². The Morgan fingerprint density at radius 3 is 1.87 bits per heavy atom. The highest BCUT2D eigenvalue weighted by atomic mass is 16.3. The van der Waals surface area contributed by atoms with E-state index < -0.39 is 0 Å². The number of hydrogen-bond donors (Lipinski definition) is 0. The van der Waals surface area contributed by atoms with Crippen LogP contribution in [0.5, 0.6) is 0 Å². The molecular formula is C59H41NO. The molecule has 0 amide bonds. The fourth-order valence-electron chi connectivity index (χ4n) is 10.2. The average molecular weight is 780 g/mol. The van der Waals surface area contributed by atoms with Gasteiger partial charge in [0, 0.05) is 33.0 Å². The van der Waals surface area contributed by atoms with Crippen molar-refractivity contribution in [2.45, 2.75) is 19.3 Å². The Kier molecular flexibility index (Phi) is 7.92. The molecule has 0 saturated carbocycles. The summed E-state index contributed by atoms with van der Waals surface area (Å²) in [5.74, 6) is 0. The van der Waals surface area contributed by atoms with E-state index in [4.69, 9.17) is 4.42 Å². The van der Waals surface area contributed by atoms with E-state index in [9.17, 15) is 0 Å². The molecule has 2 nitrogen and oxygen atoms in total. The Hall–Kier alpha value is -7.68. The molecule has 0 radical (unpaired) electrons. The van der Waals surface area contributed by atoms with E-state index in [0.717, 1.165) is 61.3 Å². The third kappa shape index (κ3) is 5.49. The summed E-state index contributed by atoms with van der Waals surface area (Å²) in [7, 11) is 0. The number of fused-ring (bicyclic) bond motifs is 9. The molecule has 12 rings (SSSR count). The smallest absolute Gasteiger partial charge is 0.136 e. The maximum absolute atomic E-state index is 6.63. The predicted molar refractivity (Wildman–Crippen MR) is 257 cm³/mol. The Morgan fingerprint density at radius 1 is 0.361 bits per heavy atom. The van der Waals surface area contributed by atoms with Crippen LogP contribution < -0.4 is 4.90 Å². The number of hydrogen-bond acceptors (Lipinski definition) is 2. The second kappa shape index (κ2) is 13.7. The zero-order valence-electron chi connectivity index (χ0n) is 34.1. The molecule has 61 heavy (non-hydrogen) atoms. The number of anilines is 3. The highest BCUT2D eigenvalue weighted by Crippen LogP contribution is 2.53. The zero-order chi connectivity index (χ0) is 40.7. The van der Waals surface area contributed by atoms with Crippen LogP contribution in [-0.2, 0) is 5.41 Å². The maximum Gasteiger partial charge on any atom is 0.136 e. The van der Waals surface area contributed by atoms with E-state index >= 15 is 0 Å². The van der Waals surface area contributed by atoms with Crippen molar-refractivity contribution in [3.8, 4) is 44.5 Å². The summed E-state index contributed by atoms with van der Waals surface area (Å²) in [6.45, 7) is 4.73. The summed E-state index contributed by atoms with van der Waals surface area (Å²) in [5.41, 5.74) is 17.1. The minimum Gasteiger partial charge on any atom is -0.456 e. The summed E-state index contributed by atoms with van der Waals surface area (Å²) in [4.78, 5) is 2.51. The van der Waals surface area contributed by atoms with E-state index in [0.29, 0.717) is 0 Å². The average Bonchev–Trinajstić information content (AvgIpc) is 3.80. The number of benzene rings is 10. The fraction of sp³-hybridized carbons (Fsp3) is 0.0508. The highest BCUT2D eigenvalue weighted by Gasteiger charge is 2.36. The van der Waals surface area contributed by atoms with Gasteiger partial charge in [0.2, 0.25) is 0 Å². The minimum absolute atomic E-state index is 0.173. The summed E-state index contributed by atoms with van der Waals surface area (Å²) in [6, 6.07) is 77.6. The first-order valence-electron chi connectivity index (χ1n) is 21.2. The summed E-state index contributed by atoms with van der Waals surface area (Å²) < 4.78 is 6.63. The van der Waals surface area contributed by atoms with E-state index in [1.165, 1.54) is 54.9 Å². The topological polar surface area (TPSA) is 16.4 Å². The van der Waals surface area contributed by atoms with Gasteiger partial charge in [-0.2, -0.15) is 0 Å². The van der Waals surface area contributed by atoms with Crippen molar-refractivity contribution in [2.75, 3.05) is 4.90 Å². The first-order chi connectivity index (χ1) is 30.0. The Bertz CT molecular complexity index is 3520. The molecule has 0 aliphatic heterocycles. The van der Waals surface area contributed by atoms with Crippen LogP contribution in [0.25, 0.3) is 88.0 Å². The lowest BCUT2D eigenvalue weighted by molar-refractivity contribution is 0.660. The molecule has 288 valence electrons. The molecule has 11 aromatic rings. The predicted octanol–water partition coefficient (Wildman–Crippen LogP) is 16.7. The van der Waals surface area contributed by atoms with Crippen LogP contribution in [0, 0.1) is 0 Å². The number of rotatable bonds is 6. The van der Waals surface area contributed by atoms with Crippen LogP contribution in [0.4, 0.5) is 17.1 Å². The SMILES string of the molecule is CC1(C)c2ccccc2-c2ccc(N(c3ccccc3-c3ccccc3)c3cccc(-c4cc5ccccc5c5ccccc45)c3-c3ccc4c(c3)oc3ccccc34)cc21. The van der Waals surface area contributed by atoms with Gasteiger partial charge in [-0.3, -0.25) is 0 Å². The van der Waals surface area contributed by atoms with Gasteiger partial charge < -0.3 is 9.32 Å². The normalized spacial score (nSPS) is 12.9. The Morgan fingerprint density at radius 2 is 1.00 bits per heavy atom. The van der Waals surface area contributed by atoms with Crippen molar-refractivity contribution < 1.29 is 4.42 Å². The van der Waals surface area contributed by atoms with E-state index in [1.54, 1.807) is 0 Å². The van der Waals surface area contributed by atoms with Crippen LogP contribution in [0.1, 0.15) is 25.0 Å². The van der Waals surface area contributed by atoms with Crippen molar-refractivity contribution in [1.29, 1.82) is 0 Å². The first kappa shape index (κ1) is 35.3. The van der Waals surface area contributed by atoms with Crippen molar-refractivity contribution in [3.05, 3.63) is 223 Å². The van der Waals surface area contributed by atoms with Gasteiger partial charge in [0.1, 0.15) is 11.2 Å². The number of furan rings is 1. The molecular weight excluding hydrogens is 739 g/mol. The largest absolute Gasteiger partial charge is 0.456 e. The van der Waals surface area contributed by atoms with Crippen LogP contribution in [-0.4, -0.2) is 0 Å². The number of para-hydroxylation sites is 2. The quantitative estimate of drug-likeness (QED) is 0.156. The molecule has 0 fully saturated rings. The zero-order valence-corrected chi connectivity index (χ0v) is 34.1. The van der Waals surface area contributed by atoms with Crippen molar-refractivity contribution in [2.24, 2.45) is 0 Å². The summed E-state index contributed by atoms with van der Waals surface area (Å²) >= 11 is 0. The van der Waals surface area contributed by atoms with Gasteiger partial charge in [0.25, 0.3) is 0 Å². The molecule has 0 saturated heterocycles. The molecule has 10 aromatic carbocycles.